The molecule has 2 aromatic rings. The van der Waals surface area contributed by atoms with Crippen molar-refractivity contribution in [3.63, 3.8) is 0 Å². The quantitative estimate of drug-likeness (QED) is 0.925. The highest BCUT2D eigenvalue weighted by atomic mass is 16.4. The smallest absolute Gasteiger partial charge is 0.335 e. The molecule has 0 aromatic heterocycles. The summed E-state index contributed by atoms with van der Waals surface area (Å²) in [4.78, 5) is 25.5. The van der Waals surface area contributed by atoms with Crippen molar-refractivity contribution in [3.05, 3.63) is 65.2 Å². The highest BCUT2D eigenvalue weighted by molar-refractivity contribution is 6.08. The molecule has 22 heavy (non-hydrogen) atoms. The number of aromatic carboxylic acids is 1. The van der Waals surface area contributed by atoms with E-state index in [1.54, 1.807) is 12.1 Å². The molecule has 1 fully saturated rings. The van der Waals surface area contributed by atoms with Gasteiger partial charge in [-0.05, 0) is 48.7 Å². The highest BCUT2D eigenvalue weighted by Crippen LogP contribution is 2.56. The van der Waals surface area contributed by atoms with E-state index in [1.165, 1.54) is 17.7 Å². The maximum atomic E-state index is 12.8. The fraction of sp³-hybridized carbons (Fsp3) is 0.222. The summed E-state index contributed by atoms with van der Waals surface area (Å²) in [6.45, 7) is 0.728. The van der Waals surface area contributed by atoms with Gasteiger partial charge in [-0.2, -0.15) is 0 Å². The lowest BCUT2D eigenvalue weighted by Gasteiger charge is -2.18. The molecule has 1 heterocycles. The van der Waals surface area contributed by atoms with Crippen molar-refractivity contribution in [3.8, 4) is 0 Å². The number of hydrogen-bond donors (Lipinski definition) is 1. The second kappa shape index (κ2) is 4.44. The van der Waals surface area contributed by atoms with Crippen LogP contribution in [-0.2, 0) is 5.41 Å². The van der Waals surface area contributed by atoms with Crippen LogP contribution in [0.25, 0.3) is 0 Å². The van der Waals surface area contributed by atoms with E-state index >= 15 is 0 Å². The van der Waals surface area contributed by atoms with E-state index in [1.807, 2.05) is 23.1 Å². The van der Waals surface area contributed by atoms with Crippen LogP contribution in [0.2, 0.25) is 0 Å². The summed E-state index contributed by atoms with van der Waals surface area (Å²) in [5.74, 6) is -1.05. The first-order valence-electron chi connectivity index (χ1n) is 7.35. The predicted octanol–water partition coefficient (Wildman–Crippen LogP) is 3.08. The first-order chi connectivity index (χ1) is 10.6. The summed E-state index contributed by atoms with van der Waals surface area (Å²) < 4.78 is 0. The lowest BCUT2D eigenvalue weighted by Crippen LogP contribution is -2.31. The molecular weight excluding hydrogens is 278 g/mol. The minimum atomic E-state index is -0.984. The van der Waals surface area contributed by atoms with Gasteiger partial charge in [-0.1, -0.05) is 18.2 Å². The molecule has 110 valence electrons. The van der Waals surface area contributed by atoms with Gasteiger partial charge in [-0.25, -0.2) is 4.79 Å². The van der Waals surface area contributed by atoms with E-state index in [-0.39, 0.29) is 16.9 Å². The largest absolute Gasteiger partial charge is 0.478 e. The summed E-state index contributed by atoms with van der Waals surface area (Å²) in [5, 5.41) is 8.94. The topological polar surface area (TPSA) is 57.6 Å². The van der Waals surface area contributed by atoms with Gasteiger partial charge in [0.25, 0.3) is 5.91 Å². The van der Waals surface area contributed by atoms with E-state index in [2.05, 4.69) is 6.07 Å². The SMILES string of the molecule is O=C(O)c1ccc(C(=O)N2CC3(CC3)c3ccccc32)cc1. The predicted molar refractivity (Wildman–Crippen MR) is 82.4 cm³/mol. The molecule has 4 heteroatoms. The van der Waals surface area contributed by atoms with Crippen molar-refractivity contribution < 1.29 is 14.7 Å². The Morgan fingerprint density at radius 2 is 1.59 bits per heavy atom. The van der Waals surface area contributed by atoms with E-state index in [0.29, 0.717) is 5.56 Å². The van der Waals surface area contributed by atoms with Crippen molar-refractivity contribution in [2.45, 2.75) is 18.3 Å². The van der Waals surface area contributed by atoms with Crippen LogP contribution in [-0.4, -0.2) is 23.5 Å². The number of fused-ring (bicyclic) bond motifs is 2. The number of hydrogen-bond acceptors (Lipinski definition) is 2. The van der Waals surface area contributed by atoms with Crippen LogP contribution in [0.3, 0.4) is 0 Å². The molecule has 1 saturated carbocycles. The monoisotopic (exact) mass is 293 g/mol. The van der Waals surface area contributed by atoms with Crippen LogP contribution in [0, 0.1) is 0 Å². The van der Waals surface area contributed by atoms with E-state index in [0.717, 1.165) is 25.1 Å². The van der Waals surface area contributed by atoms with Crippen LogP contribution >= 0.6 is 0 Å². The number of rotatable bonds is 2. The van der Waals surface area contributed by atoms with E-state index < -0.39 is 5.97 Å². The van der Waals surface area contributed by atoms with Gasteiger partial charge in [0, 0.05) is 23.2 Å². The second-order valence-corrected chi connectivity index (χ2v) is 6.07. The Hall–Kier alpha value is -2.62. The van der Waals surface area contributed by atoms with Crippen molar-refractivity contribution in [1.29, 1.82) is 0 Å². The molecule has 2 aliphatic rings. The molecule has 0 radical (unpaired) electrons. The van der Waals surface area contributed by atoms with Crippen LogP contribution < -0.4 is 4.90 Å². The molecule has 0 unspecified atom stereocenters. The Morgan fingerprint density at radius 3 is 2.23 bits per heavy atom. The molecule has 4 rings (SSSR count). The number of carbonyl (C=O) groups excluding carboxylic acids is 1. The number of carboxylic acid groups (broad SMARTS) is 1. The second-order valence-electron chi connectivity index (χ2n) is 6.07. The van der Waals surface area contributed by atoms with Crippen molar-refractivity contribution in [2.75, 3.05) is 11.4 Å². The van der Waals surface area contributed by atoms with Crippen LogP contribution in [0.1, 0.15) is 39.1 Å². The molecule has 0 bridgehead atoms. The lowest BCUT2D eigenvalue weighted by molar-refractivity contribution is 0.0696. The van der Waals surface area contributed by atoms with E-state index in [4.69, 9.17) is 5.11 Å². The van der Waals surface area contributed by atoms with Crippen molar-refractivity contribution in [2.24, 2.45) is 0 Å². The normalized spacial score (nSPS) is 17.4. The van der Waals surface area contributed by atoms with Gasteiger partial charge in [0.15, 0.2) is 0 Å². The van der Waals surface area contributed by atoms with Gasteiger partial charge in [-0.15, -0.1) is 0 Å². The van der Waals surface area contributed by atoms with Gasteiger partial charge in [0.05, 0.1) is 5.56 Å². The summed E-state index contributed by atoms with van der Waals surface area (Å²) in [7, 11) is 0. The van der Waals surface area contributed by atoms with Gasteiger partial charge in [0.1, 0.15) is 0 Å². The standard InChI is InChI=1S/C18H15NO3/c20-16(12-5-7-13(8-6-12)17(21)22)19-11-18(9-10-18)14-3-1-2-4-15(14)19/h1-8H,9-11H2,(H,21,22). The zero-order valence-corrected chi connectivity index (χ0v) is 12.0. The van der Waals surface area contributed by atoms with Crippen LogP contribution in [0.4, 0.5) is 5.69 Å². The molecule has 0 atom stereocenters. The third kappa shape index (κ3) is 1.84. The third-order valence-electron chi connectivity index (χ3n) is 4.70. The summed E-state index contributed by atoms with van der Waals surface area (Å²) >= 11 is 0. The molecule has 1 amide bonds. The maximum absolute atomic E-state index is 12.8. The summed E-state index contributed by atoms with van der Waals surface area (Å²) in [6.07, 6.45) is 2.26. The number of amides is 1. The summed E-state index contributed by atoms with van der Waals surface area (Å²) in [5.41, 5.74) is 3.14. The van der Waals surface area contributed by atoms with Crippen LogP contribution in [0.15, 0.2) is 48.5 Å². The molecule has 1 aliphatic carbocycles. The Bertz CT molecular complexity index is 775. The van der Waals surface area contributed by atoms with Crippen molar-refractivity contribution >= 4 is 17.6 Å². The zero-order chi connectivity index (χ0) is 15.3. The van der Waals surface area contributed by atoms with Gasteiger partial charge in [0.2, 0.25) is 0 Å². The first kappa shape index (κ1) is 13.1. The molecule has 2 aromatic carbocycles. The highest BCUT2D eigenvalue weighted by Gasteiger charge is 2.52. The minimum Gasteiger partial charge on any atom is -0.478 e. The molecule has 1 spiro atoms. The third-order valence-corrected chi connectivity index (χ3v) is 4.70. The van der Waals surface area contributed by atoms with Gasteiger partial charge < -0.3 is 10.0 Å². The number of carbonyl (C=O) groups is 2. The van der Waals surface area contributed by atoms with Crippen LogP contribution in [0.5, 0.6) is 0 Å². The Kier molecular flexibility index (Phi) is 2.64. The van der Waals surface area contributed by atoms with Crippen molar-refractivity contribution in [1.82, 2.24) is 0 Å². The number of para-hydroxylation sites is 1. The minimum absolute atomic E-state index is 0.0619. The van der Waals surface area contributed by atoms with Gasteiger partial charge in [-0.3, -0.25) is 4.79 Å². The average Bonchev–Trinajstić information content (AvgIpc) is 3.25. The molecule has 1 N–H and O–H groups in total. The summed E-state index contributed by atoms with van der Waals surface area (Å²) in [6, 6.07) is 14.2. The zero-order valence-electron chi connectivity index (χ0n) is 12.0. The fourth-order valence-corrected chi connectivity index (χ4v) is 3.30. The Labute approximate surface area is 128 Å². The molecule has 1 aliphatic heterocycles. The molecule has 0 saturated heterocycles. The lowest BCUT2D eigenvalue weighted by atomic mass is 9.99. The number of anilines is 1. The average molecular weight is 293 g/mol. The van der Waals surface area contributed by atoms with E-state index in [9.17, 15) is 9.59 Å². The molecular formula is C18H15NO3. The fourth-order valence-electron chi connectivity index (χ4n) is 3.30. The Morgan fingerprint density at radius 1 is 0.955 bits per heavy atom. The Balaban J connectivity index is 1.68. The first-order valence-corrected chi connectivity index (χ1v) is 7.35. The maximum Gasteiger partial charge on any atom is 0.335 e. The number of carboxylic acids is 1. The molecule has 4 nitrogen and oxygen atoms in total. The number of benzene rings is 2. The number of nitrogens with zero attached hydrogens (tertiary/aromatic N) is 1. The van der Waals surface area contributed by atoms with Gasteiger partial charge >= 0.3 is 5.97 Å².